The molecule has 1 aliphatic rings. The van der Waals surface area contributed by atoms with Gasteiger partial charge in [-0.15, -0.1) is 0 Å². The van der Waals surface area contributed by atoms with E-state index in [9.17, 15) is 0 Å². The van der Waals surface area contributed by atoms with Gasteiger partial charge in [0.2, 0.25) is 0 Å². The quantitative estimate of drug-likeness (QED) is 0.199. The van der Waals surface area contributed by atoms with Crippen LogP contribution in [0, 0.1) is 5.41 Å². The van der Waals surface area contributed by atoms with Crippen LogP contribution < -0.4 is 11.1 Å². The van der Waals surface area contributed by atoms with E-state index in [0.29, 0.717) is 11.9 Å². The minimum atomic E-state index is -0.212. The number of hydrogen-bond acceptors (Lipinski definition) is 4. The third kappa shape index (κ3) is 6.09. The SMILES string of the molecule is CC(CN1CCCC1)NCCCCC(C)(C)C(N)=NO. The van der Waals surface area contributed by atoms with E-state index in [1.165, 1.54) is 25.9 Å². The van der Waals surface area contributed by atoms with Crippen LogP contribution in [0.5, 0.6) is 0 Å². The lowest BCUT2D eigenvalue weighted by Gasteiger charge is -2.23. The van der Waals surface area contributed by atoms with E-state index >= 15 is 0 Å². The number of rotatable bonds is 9. The summed E-state index contributed by atoms with van der Waals surface area (Å²) in [4.78, 5) is 2.54. The van der Waals surface area contributed by atoms with Crippen LogP contribution >= 0.6 is 0 Å². The molecule has 1 rings (SSSR count). The molecule has 0 radical (unpaired) electrons. The lowest BCUT2D eigenvalue weighted by Crippen LogP contribution is -2.38. The van der Waals surface area contributed by atoms with Gasteiger partial charge in [-0.25, -0.2) is 0 Å². The first kappa shape index (κ1) is 17.2. The summed E-state index contributed by atoms with van der Waals surface area (Å²) in [6, 6.07) is 0.560. The molecule has 0 bridgehead atoms. The smallest absolute Gasteiger partial charge is 0.144 e. The highest BCUT2D eigenvalue weighted by Gasteiger charge is 2.22. The van der Waals surface area contributed by atoms with Crippen LogP contribution in [0.4, 0.5) is 0 Å². The third-order valence-corrected chi connectivity index (χ3v) is 4.25. The lowest BCUT2D eigenvalue weighted by molar-refractivity contribution is 0.295. The minimum absolute atomic E-state index is 0.212. The van der Waals surface area contributed by atoms with Crippen LogP contribution in [0.15, 0.2) is 5.16 Å². The molecule has 0 aromatic carbocycles. The van der Waals surface area contributed by atoms with E-state index in [4.69, 9.17) is 10.9 Å². The molecule has 0 spiro atoms. The second-order valence-corrected chi connectivity index (χ2v) is 6.69. The van der Waals surface area contributed by atoms with Gasteiger partial charge >= 0.3 is 0 Å². The number of hydrogen-bond donors (Lipinski definition) is 3. The summed E-state index contributed by atoms with van der Waals surface area (Å²) >= 11 is 0. The molecule has 4 N–H and O–H groups in total. The number of likely N-dealkylation sites (tertiary alicyclic amines) is 1. The van der Waals surface area contributed by atoms with E-state index in [2.05, 4.69) is 22.3 Å². The van der Waals surface area contributed by atoms with Crippen LogP contribution in [-0.4, -0.2) is 48.2 Å². The molecular formula is C15H32N4O. The average molecular weight is 284 g/mol. The Morgan fingerprint density at radius 1 is 1.35 bits per heavy atom. The highest BCUT2D eigenvalue weighted by Crippen LogP contribution is 2.23. The topological polar surface area (TPSA) is 73.9 Å². The summed E-state index contributed by atoms with van der Waals surface area (Å²) in [5, 5.41) is 15.4. The van der Waals surface area contributed by atoms with E-state index in [1.54, 1.807) is 0 Å². The van der Waals surface area contributed by atoms with Crippen molar-refractivity contribution < 1.29 is 5.21 Å². The van der Waals surface area contributed by atoms with E-state index in [0.717, 1.165) is 32.4 Å². The molecule has 0 aromatic heterocycles. The number of amidine groups is 1. The van der Waals surface area contributed by atoms with Crippen molar-refractivity contribution in [2.45, 2.75) is 58.9 Å². The Kier molecular flexibility index (Phi) is 7.30. The van der Waals surface area contributed by atoms with Crippen molar-refractivity contribution in [3.05, 3.63) is 0 Å². The first-order chi connectivity index (χ1) is 9.45. The van der Waals surface area contributed by atoms with Crippen molar-refractivity contribution in [2.24, 2.45) is 16.3 Å². The normalized spacial score (nSPS) is 19.4. The standard InChI is InChI=1S/C15H32N4O/c1-13(12-19-10-6-7-11-19)17-9-5-4-8-15(2,3)14(16)18-20/h13,17,20H,4-12H2,1-3H3,(H2,16,18). The fraction of sp³-hybridized carbons (Fsp3) is 0.933. The Morgan fingerprint density at radius 3 is 2.60 bits per heavy atom. The van der Waals surface area contributed by atoms with Crippen molar-refractivity contribution in [3.63, 3.8) is 0 Å². The molecule has 118 valence electrons. The maximum atomic E-state index is 8.73. The molecule has 5 nitrogen and oxygen atoms in total. The molecule has 1 atom stereocenters. The summed E-state index contributed by atoms with van der Waals surface area (Å²) in [6.45, 7) is 11.0. The molecular weight excluding hydrogens is 252 g/mol. The van der Waals surface area contributed by atoms with Crippen molar-refractivity contribution in [1.29, 1.82) is 0 Å². The Bertz CT molecular complexity index is 298. The predicted octanol–water partition coefficient (Wildman–Crippen LogP) is 2.00. The van der Waals surface area contributed by atoms with Gasteiger partial charge in [0.15, 0.2) is 0 Å². The zero-order valence-electron chi connectivity index (χ0n) is 13.4. The Morgan fingerprint density at radius 2 is 2.00 bits per heavy atom. The first-order valence-electron chi connectivity index (χ1n) is 7.89. The molecule has 1 heterocycles. The maximum Gasteiger partial charge on any atom is 0.144 e. The van der Waals surface area contributed by atoms with E-state index in [-0.39, 0.29) is 5.41 Å². The van der Waals surface area contributed by atoms with Crippen LogP contribution in [0.25, 0.3) is 0 Å². The summed E-state index contributed by atoms with van der Waals surface area (Å²) in [7, 11) is 0. The monoisotopic (exact) mass is 284 g/mol. The molecule has 1 fully saturated rings. The highest BCUT2D eigenvalue weighted by atomic mass is 16.4. The number of nitrogens with two attached hydrogens (primary N) is 1. The van der Waals surface area contributed by atoms with Crippen LogP contribution in [0.1, 0.15) is 52.9 Å². The first-order valence-corrected chi connectivity index (χ1v) is 7.89. The molecule has 20 heavy (non-hydrogen) atoms. The van der Waals surface area contributed by atoms with Crippen molar-refractivity contribution in [3.8, 4) is 0 Å². The number of unbranched alkanes of at least 4 members (excludes halogenated alkanes) is 1. The van der Waals surface area contributed by atoms with Crippen molar-refractivity contribution in [1.82, 2.24) is 10.2 Å². The second-order valence-electron chi connectivity index (χ2n) is 6.69. The van der Waals surface area contributed by atoms with Crippen molar-refractivity contribution in [2.75, 3.05) is 26.2 Å². The summed E-state index contributed by atoms with van der Waals surface area (Å²) < 4.78 is 0. The second kappa shape index (κ2) is 8.47. The summed E-state index contributed by atoms with van der Waals surface area (Å²) in [6.07, 6.45) is 5.88. The van der Waals surface area contributed by atoms with Crippen LogP contribution in [-0.2, 0) is 0 Å². The van der Waals surface area contributed by atoms with Gasteiger partial charge in [0.1, 0.15) is 5.84 Å². The lowest BCUT2D eigenvalue weighted by atomic mass is 9.86. The Hall–Kier alpha value is -0.810. The molecule has 1 unspecified atom stereocenters. The molecule has 1 aliphatic heterocycles. The van der Waals surface area contributed by atoms with Gasteiger partial charge in [-0.05, 0) is 52.2 Å². The molecule has 0 amide bonds. The Balaban J connectivity index is 2.06. The van der Waals surface area contributed by atoms with Gasteiger partial charge in [0.05, 0.1) is 0 Å². The van der Waals surface area contributed by atoms with Gasteiger partial charge < -0.3 is 21.2 Å². The van der Waals surface area contributed by atoms with E-state index in [1.807, 2.05) is 13.8 Å². The zero-order chi connectivity index (χ0) is 15.0. The minimum Gasteiger partial charge on any atom is -0.409 e. The van der Waals surface area contributed by atoms with E-state index < -0.39 is 0 Å². The van der Waals surface area contributed by atoms with Gasteiger partial charge in [-0.3, -0.25) is 0 Å². The summed E-state index contributed by atoms with van der Waals surface area (Å²) in [5.41, 5.74) is 5.47. The fourth-order valence-electron chi connectivity index (χ4n) is 2.72. The molecule has 5 heteroatoms. The predicted molar refractivity (Wildman–Crippen MR) is 84.2 cm³/mol. The summed E-state index contributed by atoms with van der Waals surface area (Å²) in [5.74, 6) is 0.327. The highest BCUT2D eigenvalue weighted by molar-refractivity contribution is 5.85. The molecule has 1 saturated heterocycles. The zero-order valence-corrected chi connectivity index (χ0v) is 13.4. The van der Waals surface area contributed by atoms with Crippen LogP contribution in [0.2, 0.25) is 0 Å². The number of nitrogens with one attached hydrogen (secondary N) is 1. The maximum absolute atomic E-state index is 8.73. The third-order valence-electron chi connectivity index (χ3n) is 4.25. The van der Waals surface area contributed by atoms with Gasteiger partial charge in [0.25, 0.3) is 0 Å². The van der Waals surface area contributed by atoms with Gasteiger partial charge in [0, 0.05) is 18.0 Å². The fourth-order valence-corrected chi connectivity index (χ4v) is 2.72. The molecule has 0 aromatic rings. The van der Waals surface area contributed by atoms with Gasteiger partial charge in [-0.2, -0.15) is 0 Å². The van der Waals surface area contributed by atoms with Crippen LogP contribution in [0.3, 0.4) is 0 Å². The largest absolute Gasteiger partial charge is 0.409 e. The Labute approximate surface area is 123 Å². The van der Waals surface area contributed by atoms with Gasteiger partial charge in [-0.1, -0.05) is 25.4 Å². The molecule has 0 saturated carbocycles. The van der Waals surface area contributed by atoms with Crippen molar-refractivity contribution >= 4 is 5.84 Å². The number of oxime groups is 1. The average Bonchev–Trinajstić information content (AvgIpc) is 2.89. The molecule has 0 aliphatic carbocycles. The number of nitrogens with zero attached hydrogens (tertiary/aromatic N) is 2.